The van der Waals surface area contributed by atoms with Gasteiger partial charge in [-0.05, 0) is 12.1 Å². The first-order chi connectivity index (χ1) is 11.4. The molecule has 1 aromatic carbocycles. The molecule has 0 saturated heterocycles. The fourth-order valence-corrected chi connectivity index (χ4v) is 2.42. The largest absolute Gasteiger partial charge is 0.573 e. The Morgan fingerprint density at radius 2 is 2.00 bits per heavy atom. The van der Waals surface area contributed by atoms with E-state index in [1.54, 1.807) is 12.1 Å². The minimum absolute atomic E-state index is 0.0463. The summed E-state index contributed by atoms with van der Waals surface area (Å²) in [4.78, 5) is 19.7. The van der Waals surface area contributed by atoms with E-state index in [4.69, 9.17) is 0 Å². The lowest BCUT2D eigenvalue weighted by molar-refractivity contribution is -0.274. The van der Waals surface area contributed by atoms with Crippen LogP contribution in [0.4, 0.5) is 13.2 Å². The number of pyridine rings is 1. The quantitative estimate of drug-likeness (QED) is 0.795. The molecule has 0 saturated carbocycles. The number of imidazole rings is 1. The SMILES string of the molecule is CCc1nc2c(=O)n(Cc3ccccc3OC(F)(F)F)ccc2[nH]1. The zero-order valence-electron chi connectivity index (χ0n) is 12.7. The molecule has 2 aromatic heterocycles. The summed E-state index contributed by atoms with van der Waals surface area (Å²) in [6.45, 7) is 1.86. The second-order valence-electron chi connectivity index (χ2n) is 5.20. The number of aryl methyl sites for hydroxylation is 1. The molecule has 0 aliphatic carbocycles. The van der Waals surface area contributed by atoms with Crippen LogP contribution >= 0.6 is 0 Å². The first kappa shape index (κ1) is 16.1. The van der Waals surface area contributed by atoms with E-state index < -0.39 is 6.36 Å². The molecule has 8 heteroatoms. The third kappa shape index (κ3) is 3.27. The number of hydrogen-bond donors (Lipinski definition) is 1. The molecule has 2 heterocycles. The van der Waals surface area contributed by atoms with Crippen LogP contribution in [-0.2, 0) is 13.0 Å². The number of aromatic nitrogens is 3. The van der Waals surface area contributed by atoms with Gasteiger partial charge in [0.05, 0.1) is 12.1 Å². The molecule has 0 aliphatic heterocycles. The Kier molecular flexibility index (Phi) is 4.04. The molecule has 0 aliphatic rings. The van der Waals surface area contributed by atoms with Gasteiger partial charge in [0.1, 0.15) is 11.6 Å². The summed E-state index contributed by atoms with van der Waals surface area (Å²) in [6.07, 6.45) is -2.62. The van der Waals surface area contributed by atoms with Crippen molar-refractivity contribution in [3.8, 4) is 5.75 Å². The van der Waals surface area contributed by atoms with E-state index in [2.05, 4.69) is 14.7 Å². The van der Waals surface area contributed by atoms with Gasteiger partial charge in [0, 0.05) is 18.2 Å². The van der Waals surface area contributed by atoms with Crippen molar-refractivity contribution in [3.05, 3.63) is 58.3 Å². The van der Waals surface area contributed by atoms with Gasteiger partial charge in [-0.3, -0.25) is 4.79 Å². The average Bonchev–Trinajstić information content (AvgIpc) is 2.94. The topological polar surface area (TPSA) is 59.9 Å². The normalized spacial score (nSPS) is 11.8. The fourth-order valence-electron chi connectivity index (χ4n) is 2.42. The van der Waals surface area contributed by atoms with Gasteiger partial charge in [0.25, 0.3) is 5.56 Å². The molecular weight excluding hydrogens is 323 g/mol. The van der Waals surface area contributed by atoms with E-state index >= 15 is 0 Å². The predicted molar refractivity (Wildman–Crippen MR) is 82.0 cm³/mol. The van der Waals surface area contributed by atoms with Crippen molar-refractivity contribution in [2.75, 3.05) is 0 Å². The van der Waals surface area contributed by atoms with Gasteiger partial charge in [-0.25, -0.2) is 4.98 Å². The van der Waals surface area contributed by atoms with E-state index in [0.717, 1.165) is 0 Å². The highest BCUT2D eigenvalue weighted by atomic mass is 19.4. The van der Waals surface area contributed by atoms with Crippen LogP contribution in [0.1, 0.15) is 18.3 Å². The zero-order chi connectivity index (χ0) is 17.3. The average molecular weight is 337 g/mol. The maximum atomic E-state index is 12.5. The Labute approximate surface area is 134 Å². The summed E-state index contributed by atoms with van der Waals surface area (Å²) in [5.74, 6) is 0.355. The number of nitrogens with zero attached hydrogens (tertiary/aromatic N) is 2. The molecule has 0 bridgehead atoms. The summed E-state index contributed by atoms with van der Waals surface area (Å²) in [6, 6.07) is 7.41. The molecule has 3 aromatic rings. The highest BCUT2D eigenvalue weighted by Crippen LogP contribution is 2.26. The Hall–Kier alpha value is -2.77. The maximum Gasteiger partial charge on any atom is 0.573 e. The van der Waals surface area contributed by atoms with E-state index in [1.165, 1.54) is 29.0 Å². The molecule has 0 amide bonds. The molecule has 5 nitrogen and oxygen atoms in total. The van der Waals surface area contributed by atoms with Crippen LogP contribution in [0, 0.1) is 0 Å². The van der Waals surface area contributed by atoms with Crippen LogP contribution in [0.3, 0.4) is 0 Å². The Balaban J connectivity index is 1.99. The highest BCUT2D eigenvalue weighted by molar-refractivity contribution is 5.73. The number of para-hydroxylation sites is 1. The highest BCUT2D eigenvalue weighted by Gasteiger charge is 2.32. The van der Waals surface area contributed by atoms with E-state index in [1.807, 2.05) is 6.92 Å². The molecule has 1 N–H and O–H groups in total. The van der Waals surface area contributed by atoms with Crippen molar-refractivity contribution in [2.45, 2.75) is 26.3 Å². The first-order valence-electron chi connectivity index (χ1n) is 7.29. The zero-order valence-corrected chi connectivity index (χ0v) is 12.7. The van der Waals surface area contributed by atoms with Crippen molar-refractivity contribution in [1.82, 2.24) is 14.5 Å². The predicted octanol–water partition coefficient (Wildman–Crippen LogP) is 3.23. The van der Waals surface area contributed by atoms with Crippen LogP contribution < -0.4 is 10.3 Å². The molecular formula is C16H14F3N3O2. The third-order valence-corrected chi connectivity index (χ3v) is 3.54. The van der Waals surface area contributed by atoms with Crippen molar-refractivity contribution in [3.63, 3.8) is 0 Å². The van der Waals surface area contributed by atoms with Crippen molar-refractivity contribution in [1.29, 1.82) is 0 Å². The molecule has 126 valence electrons. The van der Waals surface area contributed by atoms with Crippen molar-refractivity contribution < 1.29 is 17.9 Å². The second kappa shape index (κ2) is 6.03. The molecule has 24 heavy (non-hydrogen) atoms. The van der Waals surface area contributed by atoms with E-state index in [0.29, 0.717) is 17.8 Å². The monoisotopic (exact) mass is 337 g/mol. The number of halogens is 3. The lowest BCUT2D eigenvalue weighted by Crippen LogP contribution is -2.22. The summed E-state index contributed by atoms with van der Waals surface area (Å²) < 4.78 is 42.8. The summed E-state index contributed by atoms with van der Waals surface area (Å²) in [5, 5.41) is 0. The van der Waals surface area contributed by atoms with Crippen LogP contribution in [0.2, 0.25) is 0 Å². The smallest absolute Gasteiger partial charge is 0.405 e. The van der Waals surface area contributed by atoms with E-state index in [9.17, 15) is 18.0 Å². The number of ether oxygens (including phenoxy) is 1. The van der Waals surface area contributed by atoms with Crippen LogP contribution in [0.15, 0.2) is 41.3 Å². The van der Waals surface area contributed by atoms with Gasteiger partial charge in [-0.1, -0.05) is 25.1 Å². The summed E-state index contributed by atoms with van der Waals surface area (Å²) in [7, 11) is 0. The van der Waals surface area contributed by atoms with Gasteiger partial charge in [0.15, 0.2) is 5.52 Å². The minimum atomic E-state index is -4.79. The standard InChI is InChI=1S/C16H14F3N3O2/c1-2-13-20-11-7-8-22(15(23)14(11)21-13)9-10-5-3-4-6-12(10)24-16(17,18)19/h3-8H,2,9H2,1H3,(H,20,21). The number of rotatable bonds is 4. The lowest BCUT2D eigenvalue weighted by atomic mass is 10.2. The number of hydrogen-bond acceptors (Lipinski definition) is 3. The van der Waals surface area contributed by atoms with Gasteiger partial charge >= 0.3 is 6.36 Å². The van der Waals surface area contributed by atoms with Crippen molar-refractivity contribution >= 4 is 11.0 Å². The Morgan fingerprint density at radius 3 is 2.71 bits per heavy atom. The molecule has 0 radical (unpaired) electrons. The summed E-state index contributed by atoms with van der Waals surface area (Å²) >= 11 is 0. The van der Waals surface area contributed by atoms with Gasteiger partial charge in [0.2, 0.25) is 0 Å². The molecule has 0 spiro atoms. The molecule has 0 unspecified atom stereocenters. The Bertz CT molecular complexity index is 928. The molecule has 0 atom stereocenters. The Morgan fingerprint density at radius 1 is 1.25 bits per heavy atom. The number of fused-ring (bicyclic) bond motifs is 1. The maximum absolute atomic E-state index is 12.5. The second-order valence-corrected chi connectivity index (χ2v) is 5.20. The number of H-pyrrole nitrogens is 1. The summed E-state index contributed by atoms with van der Waals surface area (Å²) in [5.41, 5.74) is 0.754. The first-order valence-corrected chi connectivity index (χ1v) is 7.29. The van der Waals surface area contributed by atoms with Gasteiger partial charge in [-0.2, -0.15) is 0 Å². The lowest BCUT2D eigenvalue weighted by Gasteiger charge is -2.14. The van der Waals surface area contributed by atoms with Crippen LogP contribution in [0.5, 0.6) is 5.75 Å². The van der Waals surface area contributed by atoms with E-state index in [-0.39, 0.29) is 28.9 Å². The minimum Gasteiger partial charge on any atom is -0.405 e. The number of benzene rings is 1. The van der Waals surface area contributed by atoms with Crippen LogP contribution in [0.25, 0.3) is 11.0 Å². The van der Waals surface area contributed by atoms with Gasteiger partial charge in [-0.15, -0.1) is 13.2 Å². The molecule has 0 fully saturated rings. The number of aromatic amines is 1. The van der Waals surface area contributed by atoms with Crippen LogP contribution in [-0.4, -0.2) is 20.9 Å². The third-order valence-electron chi connectivity index (χ3n) is 3.54. The number of nitrogens with one attached hydrogen (secondary N) is 1. The van der Waals surface area contributed by atoms with Gasteiger partial charge < -0.3 is 14.3 Å². The molecule has 3 rings (SSSR count). The fraction of sp³-hybridized carbons (Fsp3) is 0.250. The van der Waals surface area contributed by atoms with Crippen molar-refractivity contribution in [2.24, 2.45) is 0 Å². The number of alkyl halides is 3.